The zero-order valence-electron chi connectivity index (χ0n) is 14.7. The topological polar surface area (TPSA) is 71.1 Å². The number of rotatable bonds is 5. The Morgan fingerprint density at radius 2 is 1.59 bits per heavy atom. The third kappa shape index (κ3) is 5.15. The zero-order chi connectivity index (χ0) is 19.2. The van der Waals surface area contributed by atoms with Gasteiger partial charge in [-0.25, -0.2) is 4.98 Å². The van der Waals surface area contributed by atoms with E-state index in [9.17, 15) is 9.59 Å². The van der Waals surface area contributed by atoms with E-state index in [-0.39, 0.29) is 17.3 Å². The summed E-state index contributed by atoms with van der Waals surface area (Å²) < 4.78 is 0. The Balaban J connectivity index is 1.66. The molecule has 5 nitrogen and oxygen atoms in total. The zero-order valence-corrected chi connectivity index (χ0v) is 15.5. The molecule has 0 bridgehead atoms. The fraction of sp³-hybridized carbons (Fsp3) is 0.0952. The second-order valence-electron chi connectivity index (χ2n) is 6.04. The molecule has 3 aromatic rings. The minimum atomic E-state index is -0.412. The molecule has 0 saturated carbocycles. The fourth-order valence-corrected chi connectivity index (χ4v) is 2.62. The average molecular weight is 380 g/mol. The molecule has 0 spiro atoms. The van der Waals surface area contributed by atoms with Crippen LogP contribution in [0.15, 0.2) is 66.7 Å². The standard InChI is InChI=1S/C21H18ClN3O2/c1-14-8-10-15(11-9-14)13-23-20(26)18-6-3-7-19(25-18)21(27)24-17-5-2-4-16(22)12-17/h2-12H,13H2,1H3,(H,23,26)(H,24,27). The SMILES string of the molecule is Cc1ccc(CNC(=O)c2cccc(C(=O)Nc3cccc(Cl)c3)n2)cc1. The molecule has 136 valence electrons. The summed E-state index contributed by atoms with van der Waals surface area (Å²) in [6, 6.07) is 19.4. The molecule has 0 unspecified atom stereocenters. The number of halogens is 1. The molecule has 0 aliphatic rings. The van der Waals surface area contributed by atoms with E-state index in [1.165, 1.54) is 0 Å². The van der Waals surface area contributed by atoms with Gasteiger partial charge < -0.3 is 10.6 Å². The number of benzene rings is 2. The van der Waals surface area contributed by atoms with E-state index in [1.807, 2.05) is 31.2 Å². The Morgan fingerprint density at radius 3 is 2.30 bits per heavy atom. The van der Waals surface area contributed by atoms with Crippen molar-refractivity contribution in [2.24, 2.45) is 0 Å². The molecule has 27 heavy (non-hydrogen) atoms. The average Bonchev–Trinajstić information content (AvgIpc) is 2.67. The number of hydrogen-bond acceptors (Lipinski definition) is 3. The lowest BCUT2D eigenvalue weighted by molar-refractivity contribution is 0.0945. The first-order chi connectivity index (χ1) is 13.0. The first kappa shape index (κ1) is 18.6. The van der Waals surface area contributed by atoms with Crippen molar-refractivity contribution in [2.45, 2.75) is 13.5 Å². The molecule has 1 heterocycles. The summed E-state index contributed by atoms with van der Waals surface area (Å²) in [5.74, 6) is -0.751. The van der Waals surface area contributed by atoms with E-state index in [1.54, 1.807) is 42.5 Å². The Bertz CT molecular complexity index is 971. The van der Waals surface area contributed by atoms with Gasteiger partial charge in [-0.3, -0.25) is 9.59 Å². The number of carbonyl (C=O) groups is 2. The lowest BCUT2D eigenvalue weighted by Gasteiger charge is -2.08. The van der Waals surface area contributed by atoms with Gasteiger partial charge in [0.05, 0.1) is 0 Å². The van der Waals surface area contributed by atoms with Crippen LogP contribution in [0.25, 0.3) is 0 Å². The van der Waals surface area contributed by atoms with Crippen molar-refractivity contribution in [1.29, 1.82) is 0 Å². The molecule has 2 N–H and O–H groups in total. The quantitative estimate of drug-likeness (QED) is 0.697. The van der Waals surface area contributed by atoms with Crippen molar-refractivity contribution >= 4 is 29.1 Å². The number of amides is 2. The fourth-order valence-electron chi connectivity index (χ4n) is 2.43. The molecule has 2 aromatic carbocycles. The van der Waals surface area contributed by atoms with Crippen molar-refractivity contribution in [1.82, 2.24) is 10.3 Å². The van der Waals surface area contributed by atoms with Gasteiger partial charge in [-0.2, -0.15) is 0 Å². The van der Waals surface area contributed by atoms with Crippen LogP contribution in [-0.2, 0) is 6.54 Å². The summed E-state index contributed by atoms with van der Waals surface area (Å²) in [6.45, 7) is 2.39. The summed E-state index contributed by atoms with van der Waals surface area (Å²) in [6.07, 6.45) is 0. The predicted octanol–water partition coefficient (Wildman–Crippen LogP) is 4.23. The minimum absolute atomic E-state index is 0.151. The van der Waals surface area contributed by atoms with Gasteiger partial charge in [-0.1, -0.05) is 53.6 Å². The number of pyridine rings is 1. The van der Waals surface area contributed by atoms with Gasteiger partial charge in [-0.05, 0) is 42.8 Å². The second-order valence-corrected chi connectivity index (χ2v) is 6.48. The van der Waals surface area contributed by atoms with Gasteiger partial charge in [-0.15, -0.1) is 0 Å². The molecule has 2 amide bonds. The number of nitrogens with one attached hydrogen (secondary N) is 2. The van der Waals surface area contributed by atoms with Crippen LogP contribution in [0.3, 0.4) is 0 Å². The highest BCUT2D eigenvalue weighted by Crippen LogP contribution is 2.15. The van der Waals surface area contributed by atoms with Crippen LogP contribution in [-0.4, -0.2) is 16.8 Å². The van der Waals surface area contributed by atoms with Crippen molar-refractivity contribution in [3.8, 4) is 0 Å². The summed E-state index contributed by atoms with van der Waals surface area (Å²) in [5, 5.41) is 6.04. The van der Waals surface area contributed by atoms with Crippen LogP contribution in [0, 0.1) is 6.92 Å². The first-order valence-electron chi connectivity index (χ1n) is 8.39. The van der Waals surface area contributed by atoms with Crippen LogP contribution < -0.4 is 10.6 Å². The number of carbonyl (C=O) groups excluding carboxylic acids is 2. The molecule has 3 rings (SSSR count). The monoisotopic (exact) mass is 379 g/mol. The van der Waals surface area contributed by atoms with E-state index in [4.69, 9.17) is 11.6 Å². The Kier molecular flexibility index (Phi) is 5.84. The Morgan fingerprint density at radius 1 is 0.926 bits per heavy atom. The van der Waals surface area contributed by atoms with Crippen molar-refractivity contribution in [3.63, 3.8) is 0 Å². The summed E-state index contributed by atoms with van der Waals surface area (Å²) in [5.41, 5.74) is 3.04. The highest BCUT2D eigenvalue weighted by atomic mass is 35.5. The molecular weight excluding hydrogens is 362 g/mol. The number of nitrogens with zero attached hydrogens (tertiary/aromatic N) is 1. The van der Waals surface area contributed by atoms with Crippen LogP contribution in [0.1, 0.15) is 32.1 Å². The van der Waals surface area contributed by atoms with Gasteiger partial charge in [0, 0.05) is 17.3 Å². The number of aromatic nitrogens is 1. The van der Waals surface area contributed by atoms with Crippen LogP contribution in [0.4, 0.5) is 5.69 Å². The second kappa shape index (κ2) is 8.47. The summed E-state index contributed by atoms with van der Waals surface area (Å²) in [4.78, 5) is 28.9. The molecular formula is C21H18ClN3O2. The van der Waals surface area contributed by atoms with Crippen LogP contribution in [0.5, 0.6) is 0 Å². The smallest absolute Gasteiger partial charge is 0.274 e. The Hall–Kier alpha value is -3.18. The third-order valence-corrected chi connectivity index (χ3v) is 4.11. The maximum atomic E-state index is 12.4. The molecule has 0 radical (unpaired) electrons. The van der Waals surface area contributed by atoms with Crippen LogP contribution in [0.2, 0.25) is 5.02 Å². The van der Waals surface area contributed by atoms with Crippen molar-refractivity contribution in [2.75, 3.05) is 5.32 Å². The molecule has 6 heteroatoms. The maximum Gasteiger partial charge on any atom is 0.274 e. The van der Waals surface area contributed by atoms with E-state index < -0.39 is 5.91 Å². The van der Waals surface area contributed by atoms with E-state index in [2.05, 4.69) is 15.6 Å². The van der Waals surface area contributed by atoms with Crippen LogP contribution >= 0.6 is 11.6 Å². The molecule has 0 atom stereocenters. The minimum Gasteiger partial charge on any atom is -0.347 e. The molecule has 0 saturated heterocycles. The lowest BCUT2D eigenvalue weighted by Crippen LogP contribution is -2.25. The number of aryl methyl sites for hydroxylation is 1. The molecule has 0 aliphatic carbocycles. The highest BCUT2D eigenvalue weighted by Gasteiger charge is 2.12. The van der Waals surface area contributed by atoms with Gasteiger partial charge in [0.15, 0.2) is 0 Å². The summed E-state index contributed by atoms with van der Waals surface area (Å²) >= 11 is 5.92. The largest absolute Gasteiger partial charge is 0.347 e. The molecule has 1 aromatic heterocycles. The number of anilines is 1. The normalized spacial score (nSPS) is 10.3. The summed E-state index contributed by atoms with van der Waals surface area (Å²) in [7, 11) is 0. The van der Waals surface area contributed by atoms with Crippen molar-refractivity contribution < 1.29 is 9.59 Å². The van der Waals surface area contributed by atoms with E-state index >= 15 is 0 Å². The third-order valence-electron chi connectivity index (χ3n) is 3.87. The highest BCUT2D eigenvalue weighted by molar-refractivity contribution is 6.30. The van der Waals surface area contributed by atoms with Gasteiger partial charge >= 0.3 is 0 Å². The van der Waals surface area contributed by atoms with Gasteiger partial charge in [0.1, 0.15) is 11.4 Å². The van der Waals surface area contributed by atoms with Crippen molar-refractivity contribution in [3.05, 3.63) is 94.3 Å². The van der Waals surface area contributed by atoms with Gasteiger partial charge in [0.2, 0.25) is 0 Å². The molecule has 0 aliphatic heterocycles. The number of hydrogen-bond donors (Lipinski definition) is 2. The van der Waals surface area contributed by atoms with Gasteiger partial charge in [0.25, 0.3) is 11.8 Å². The lowest BCUT2D eigenvalue weighted by atomic mass is 10.1. The first-order valence-corrected chi connectivity index (χ1v) is 8.77. The molecule has 0 fully saturated rings. The van der Waals surface area contributed by atoms with E-state index in [0.29, 0.717) is 17.3 Å². The Labute approximate surface area is 162 Å². The predicted molar refractivity (Wildman–Crippen MR) is 106 cm³/mol. The van der Waals surface area contributed by atoms with E-state index in [0.717, 1.165) is 11.1 Å². The maximum absolute atomic E-state index is 12.4.